The van der Waals surface area contributed by atoms with Gasteiger partial charge in [0.1, 0.15) is 12.1 Å². The Morgan fingerprint density at radius 2 is 2.00 bits per heavy atom. The Morgan fingerprint density at radius 1 is 1.20 bits per heavy atom. The topological polar surface area (TPSA) is 35.0 Å². The minimum atomic E-state index is 0.576. The molecule has 1 heterocycles. The first-order valence-electron chi connectivity index (χ1n) is 4.47. The fourth-order valence-corrected chi connectivity index (χ4v) is 1.62. The molecule has 2 rings (SSSR count). The molecule has 0 aliphatic carbocycles. The van der Waals surface area contributed by atoms with Gasteiger partial charge in [0.15, 0.2) is 0 Å². The lowest BCUT2D eigenvalue weighted by atomic mass is 10.3. The summed E-state index contributed by atoms with van der Waals surface area (Å²) < 4.78 is 6.69. The van der Waals surface area contributed by atoms with Crippen molar-refractivity contribution in [2.75, 3.05) is 0 Å². The number of aromatic nitrogens is 2. The maximum atomic E-state index is 5.63. The van der Waals surface area contributed by atoms with Crippen LogP contribution in [0.4, 0.5) is 0 Å². The Bertz CT molecular complexity index is 474. The van der Waals surface area contributed by atoms with E-state index in [1.54, 1.807) is 0 Å². The number of halogens is 1. The smallest absolute Gasteiger partial charge is 0.222 e. The van der Waals surface area contributed by atoms with Crippen molar-refractivity contribution in [1.29, 1.82) is 0 Å². The Hall–Kier alpha value is -1.17. The van der Waals surface area contributed by atoms with E-state index >= 15 is 0 Å². The minimum Gasteiger partial charge on any atom is -0.438 e. The van der Waals surface area contributed by atoms with Crippen molar-refractivity contribution in [2.24, 2.45) is 0 Å². The summed E-state index contributed by atoms with van der Waals surface area (Å²) in [7, 11) is 0. The SMILES string of the molecule is Cc1cc(Oc2ccccc2I)ncn1. The summed E-state index contributed by atoms with van der Waals surface area (Å²) in [6, 6.07) is 9.62. The highest BCUT2D eigenvalue weighted by molar-refractivity contribution is 14.1. The second-order valence-electron chi connectivity index (χ2n) is 3.03. The number of hydrogen-bond donors (Lipinski definition) is 0. The van der Waals surface area contributed by atoms with Crippen LogP contribution in [-0.4, -0.2) is 9.97 Å². The van der Waals surface area contributed by atoms with Crippen LogP contribution < -0.4 is 4.74 Å². The molecule has 76 valence electrons. The molecule has 0 spiro atoms. The Labute approximate surface area is 102 Å². The first-order valence-corrected chi connectivity index (χ1v) is 5.54. The largest absolute Gasteiger partial charge is 0.438 e. The number of hydrogen-bond acceptors (Lipinski definition) is 3. The molecule has 0 bridgehead atoms. The van der Waals surface area contributed by atoms with Crippen LogP contribution in [0, 0.1) is 10.5 Å². The van der Waals surface area contributed by atoms with E-state index in [9.17, 15) is 0 Å². The van der Waals surface area contributed by atoms with E-state index in [4.69, 9.17) is 4.74 Å². The van der Waals surface area contributed by atoms with Crippen molar-refractivity contribution in [3.05, 3.63) is 45.9 Å². The van der Waals surface area contributed by atoms with Gasteiger partial charge < -0.3 is 4.74 Å². The van der Waals surface area contributed by atoms with E-state index in [0.29, 0.717) is 5.88 Å². The number of ether oxygens (including phenoxy) is 1. The summed E-state index contributed by atoms with van der Waals surface area (Å²) in [6.45, 7) is 1.91. The first kappa shape index (κ1) is 10.4. The summed E-state index contributed by atoms with van der Waals surface area (Å²) in [4.78, 5) is 8.05. The lowest BCUT2D eigenvalue weighted by Crippen LogP contribution is -1.91. The number of benzene rings is 1. The highest BCUT2D eigenvalue weighted by Gasteiger charge is 2.02. The third-order valence-electron chi connectivity index (χ3n) is 1.83. The van der Waals surface area contributed by atoms with Gasteiger partial charge in [0.25, 0.3) is 0 Å². The van der Waals surface area contributed by atoms with Crippen molar-refractivity contribution >= 4 is 22.6 Å². The second kappa shape index (κ2) is 4.57. The maximum Gasteiger partial charge on any atom is 0.222 e. The van der Waals surface area contributed by atoms with Crippen molar-refractivity contribution in [3.63, 3.8) is 0 Å². The molecule has 0 saturated heterocycles. The summed E-state index contributed by atoms with van der Waals surface area (Å²) in [5.74, 6) is 1.39. The van der Waals surface area contributed by atoms with Crippen LogP contribution in [0.3, 0.4) is 0 Å². The number of rotatable bonds is 2. The molecule has 0 aliphatic rings. The molecule has 0 aliphatic heterocycles. The monoisotopic (exact) mass is 312 g/mol. The molecule has 15 heavy (non-hydrogen) atoms. The number of para-hydroxylation sites is 1. The second-order valence-corrected chi connectivity index (χ2v) is 4.19. The zero-order valence-corrected chi connectivity index (χ0v) is 10.3. The van der Waals surface area contributed by atoms with E-state index in [1.807, 2.05) is 37.3 Å². The molecule has 3 nitrogen and oxygen atoms in total. The van der Waals surface area contributed by atoms with Crippen LogP contribution in [0.5, 0.6) is 11.6 Å². The third-order valence-corrected chi connectivity index (χ3v) is 2.72. The van der Waals surface area contributed by atoms with E-state index in [-0.39, 0.29) is 0 Å². The number of aryl methyl sites for hydroxylation is 1. The fraction of sp³-hybridized carbons (Fsp3) is 0.0909. The van der Waals surface area contributed by atoms with Gasteiger partial charge in [-0.05, 0) is 41.6 Å². The first-order chi connectivity index (χ1) is 7.25. The van der Waals surface area contributed by atoms with Gasteiger partial charge in [-0.3, -0.25) is 0 Å². The molecule has 0 fully saturated rings. The lowest BCUT2D eigenvalue weighted by molar-refractivity contribution is 0.457. The van der Waals surface area contributed by atoms with Gasteiger partial charge in [-0.25, -0.2) is 9.97 Å². The van der Waals surface area contributed by atoms with Gasteiger partial charge in [-0.1, -0.05) is 12.1 Å². The summed E-state index contributed by atoms with van der Waals surface area (Å²) in [5, 5.41) is 0. The van der Waals surface area contributed by atoms with Gasteiger partial charge >= 0.3 is 0 Å². The Morgan fingerprint density at radius 3 is 2.73 bits per heavy atom. The Balaban J connectivity index is 2.26. The van der Waals surface area contributed by atoms with Crippen molar-refractivity contribution in [1.82, 2.24) is 9.97 Å². The van der Waals surface area contributed by atoms with Crippen LogP contribution in [-0.2, 0) is 0 Å². The van der Waals surface area contributed by atoms with Crippen LogP contribution in [0.25, 0.3) is 0 Å². The Kier molecular flexibility index (Phi) is 3.15. The predicted octanol–water partition coefficient (Wildman–Crippen LogP) is 3.18. The van der Waals surface area contributed by atoms with Crippen LogP contribution >= 0.6 is 22.6 Å². The van der Waals surface area contributed by atoms with Gasteiger partial charge in [0, 0.05) is 11.8 Å². The van der Waals surface area contributed by atoms with Gasteiger partial charge in [-0.15, -0.1) is 0 Å². The summed E-state index contributed by atoms with van der Waals surface area (Å²) >= 11 is 2.23. The molecular weight excluding hydrogens is 303 g/mol. The number of nitrogens with zero attached hydrogens (tertiary/aromatic N) is 2. The fourth-order valence-electron chi connectivity index (χ4n) is 1.13. The van der Waals surface area contributed by atoms with E-state index in [1.165, 1.54) is 6.33 Å². The molecule has 0 saturated carbocycles. The third kappa shape index (κ3) is 2.65. The molecular formula is C11H9IN2O. The van der Waals surface area contributed by atoms with E-state index in [2.05, 4.69) is 32.6 Å². The molecule has 2 aromatic rings. The molecule has 1 aromatic carbocycles. The summed E-state index contributed by atoms with van der Waals surface area (Å²) in [5.41, 5.74) is 0.894. The van der Waals surface area contributed by atoms with Crippen LogP contribution in [0.2, 0.25) is 0 Å². The maximum absolute atomic E-state index is 5.63. The molecule has 0 amide bonds. The van der Waals surface area contributed by atoms with Crippen LogP contribution in [0.15, 0.2) is 36.7 Å². The average Bonchev–Trinajstić information content (AvgIpc) is 2.22. The lowest BCUT2D eigenvalue weighted by Gasteiger charge is -2.06. The molecule has 0 radical (unpaired) electrons. The van der Waals surface area contributed by atoms with Crippen LogP contribution in [0.1, 0.15) is 5.69 Å². The van der Waals surface area contributed by atoms with Gasteiger partial charge in [-0.2, -0.15) is 0 Å². The predicted molar refractivity (Wildman–Crippen MR) is 66.0 cm³/mol. The van der Waals surface area contributed by atoms with Crippen molar-refractivity contribution in [3.8, 4) is 11.6 Å². The standard InChI is InChI=1S/C11H9IN2O/c1-8-6-11(14-7-13-8)15-10-5-3-2-4-9(10)12/h2-7H,1H3. The van der Waals surface area contributed by atoms with E-state index < -0.39 is 0 Å². The van der Waals surface area contributed by atoms with Crippen molar-refractivity contribution in [2.45, 2.75) is 6.92 Å². The van der Waals surface area contributed by atoms with E-state index in [0.717, 1.165) is 15.0 Å². The molecule has 0 atom stereocenters. The normalized spacial score (nSPS) is 10.0. The quantitative estimate of drug-likeness (QED) is 0.799. The highest BCUT2D eigenvalue weighted by Crippen LogP contribution is 2.24. The van der Waals surface area contributed by atoms with Gasteiger partial charge in [0.05, 0.1) is 3.57 Å². The molecule has 0 N–H and O–H groups in total. The summed E-state index contributed by atoms with van der Waals surface area (Å²) in [6.07, 6.45) is 1.50. The van der Waals surface area contributed by atoms with Gasteiger partial charge in [0.2, 0.25) is 5.88 Å². The molecule has 4 heteroatoms. The molecule has 1 aromatic heterocycles. The minimum absolute atomic E-state index is 0.576. The molecule has 0 unspecified atom stereocenters. The average molecular weight is 312 g/mol. The highest BCUT2D eigenvalue weighted by atomic mass is 127. The van der Waals surface area contributed by atoms with Crippen molar-refractivity contribution < 1.29 is 4.74 Å². The zero-order valence-electron chi connectivity index (χ0n) is 8.14. The zero-order chi connectivity index (χ0) is 10.7.